The minimum Gasteiger partial charge on any atom is -0.383 e. The molecule has 0 radical (unpaired) electrons. The maximum Gasteiger partial charge on any atom is 0.128 e. The lowest BCUT2D eigenvalue weighted by Crippen LogP contribution is -2.39. The molecule has 0 saturated heterocycles. The van der Waals surface area contributed by atoms with E-state index >= 15 is 0 Å². The van der Waals surface area contributed by atoms with Gasteiger partial charge in [0, 0.05) is 33.0 Å². The Hall–Kier alpha value is -1.17. The van der Waals surface area contributed by atoms with Crippen molar-refractivity contribution in [2.24, 2.45) is 5.73 Å². The van der Waals surface area contributed by atoms with E-state index in [4.69, 9.17) is 15.2 Å². The highest BCUT2D eigenvalue weighted by molar-refractivity contribution is 5.41. The predicted octanol–water partition coefficient (Wildman–Crippen LogP) is 1.59. The molecule has 0 fully saturated rings. The van der Waals surface area contributed by atoms with E-state index in [1.54, 1.807) is 14.2 Å². The van der Waals surface area contributed by atoms with Crippen LogP contribution in [0.1, 0.15) is 25.5 Å². The summed E-state index contributed by atoms with van der Waals surface area (Å²) in [6.07, 6.45) is 1.83. The standard InChI is InChI=1S/C14H25N3O2/c1-11(10-19-4)17(7-8-18-3)14-6-5-13(9-16-14)12(2)15/h5-6,9,11-12H,7-8,10,15H2,1-4H3/t11?,12-/m0/s1. The highest BCUT2D eigenvalue weighted by atomic mass is 16.5. The largest absolute Gasteiger partial charge is 0.383 e. The Morgan fingerprint density at radius 3 is 2.47 bits per heavy atom. The molecule has 5 heteroatoms. The fourth-order valence-electron chi connectivity index (χ4n) is 1.92. The van der Waals surface area contributed by atoms with Crippen molar-refractivity contribution in [1.82, 2.24) is 4.98 Å². The molecule has 0 amide bonds. The average molecular weight is 267 g/mol. The quantitative estimate of drug-likeness (QED) is 0.775. The number of ether oxygens (including phenoxy) is 2. The molecule has 19 heavy (non-hydrogen) atoms. The summed E-state index contributed by atoms with van der Waals surface area (Å²) in [5.74, 6) is 0.922. The maximum atomic E-state index is 5.83. The van der Waals surface area contributed by atoms with Crippen molar-refractivity contribution in [2.45, 2.75) is 25.9 Å². The van der Waals surface area contributed by atoms with Gasteiger partial charge in [-0.05, 0) is 25.5 Å². The number of anilines is 1. The van der Waals surface area contributed by atoms with Gasteiger partial charge in [0.25, 0.3) is 0 Å². The molecule has 1 heterocycles. The van der Waals surface area contributed by atoms with Crippen LogP contribution in [0.25, 0.3) is 0 Å². The summed E-state index contributed by atoms with van der Waals surface area (Å²) in [6.45, 7) is 6.16. The minimum atomic E-state index is 0.00498. The summed E-state index contributed by atoms with van der Waals surface area (Å²) in [6, 6.07) is 4.27. The molecule has 0 aromatic carbocycles. The molecular formula is C14H25N3O2. The van der Waals surface area contributed by atoms with E-state index in [0.717, 1.165) is 17.9 Å². The molecule has 2 atom stereocenters. The topological polar surface area (TPSA) is 60.6 Å². The first-order chi connectivity index (χ1) is 9.10. The fraction of sp³-hybridized carbons (Fsp3) is 0.643. The second-order valence-corrected chi connectivity index (χ2v) is 4.73. The monoisotopic (exact) mass is 267 g/mol. The summed E-state index contributed by atoms with van der Waals surface area (Å²) >= 11 is 0. The van der Waals surface area contributed by atoms with Crippen LogP contribution >= 0.6 is 0 Å². The first-order valence-corrected chi connectivity index (χ1v) is 6.56. The van der Waals surface area contributed by atoms with Gasteiger partial charge in [-0.15, -0.1) is 0 Å². The lowest BCUT2D eigenvalue weighted by atomic mass is 10.1. The number of aromatic nitrogens is 1. The lowest BCUT2D eigenvalue weighted by molar-refractivity contribution is 0.170. The van der Waals surface area contributed by atoms with E-state index in [9.17, 15) is 0 Å². The molecule has 108 valence electrons. The van der Waals surface area contributed by atoms with Crippen molar-refractivity contribution in [3.63, 3.8) is 0 Å². The molecule has 0 bridgehead atoms. The minimum absolute atomic E-state index is 0.00498. The molecule has 1 rings (SSSR count). The molecular weight excluding hydrogens is 242 g/mol. The van der Waals surface area contributed by atoms with Gasteiger partial charge in [-0.25, -0.2) is 4.98 Å². The first-order valence-electron chi connectivity index (χ1n) is 6.56. The zero-order chi connectivity index (χ0) is 14.3. The van der Waals surface area contributed by atoms with Crippen LogP contribution in [0.5, 0.6) is 0 Å². The van der Waals surface area contributed by atoms with Crippen LogP contribution in [0.4, 0.5) is 5.82 Å². The van der Waals surface area contributed by atoms with Crippen LogP contribution in [0.15, 0.2) is 18.3 Å². The van der Waals surface area contributed by atoms with Gasteiger partial charge in [0.05, 0.1) is 19.3 Å². The second kappa shape index (κ2) is 8.09. The number of hydrogen-bond donors (Lipinski definition) is 1. The molecule has 0 aliphatic carbocycles. The number of nitrogens with zero attached hydrogens (tertiary/aromatic N) is 2. The number of nitrogens with two attached hydrogens (primary N) is 1. The Kier molecular flexibility index (Phi) is 6.77. The molecule has 1 aromatic rings. The maximum absolute atomic E-state index is 5.83. The van der Waals surface area contributed by atoms with Crippen molar-refractivity contribution in [3.05, 3.63) is 23.9 Å². The number of rotatable bonds is 8. The molecule has 2 N–H and O–H groups in total. The van der Waals surface area contributed by atoms with Crippen molar-refractivity contribution in [1.29, 1.82) is 0 Å². The van der Waals surface area contributed by atoms with Crippen LogP contribution in [0, 0.1) is 0 Å². The lowest BCUT2D eigenvalue weighted by Gasteiger charge is -2.29. The Morgan fingerprint density at radius 1 is 1.26 bits per heavy atom. The molecule has 0 aliphatic rings. The zero-order valence-electron chi connectivity index (χ0n) is 12.3. The SMILES string of the molecule is COCCN(c1ccc([C@H](C)N)cn1)C(C)COC. The molecule has 5 nitrogen and oxygen atoms in total. The first kappa shape index (κ1) is 15.9. The van der Waals surface area contributed by atoms with Gasteiger partial charge in [0.1, 0.15) is 5.82 Å². The third-order valence-corrected chi connectivity index (χ3v) is 3.07. The summed E-state index contributed by atoms with van der Waals surface area (Å²) in [7, 11) is 3.41. The molecule has 0 aliphatic heterocycles. The van der Waals surface area contributed by atoms with Crippen LogP contribution in [0.2, 0.25) is 0 Å². The van der Waals surface area contributed by atoms with Gasteiger partial charge in [-0.2, -0.15) is 0 Å². The number of methoxy groups -OCH3 is 2. The summed E-state index contributed by atoms with van der Waals surface area (Å²) < 4.78 is 10.4. The van der Waals surface area contributed by atoms with E-state index in [2.05, 4.69) is 16.8 Å². The highest BCUT2D eigenvalue weighted by Crippen LogP contribution is 2.17. The fourth-order valence-corrected chi connectivity index (χ4v) is 1.92. The Bertz CT molecular complexity index is 354. The van der Waals surface area contributed by atoms with E-state index in [1.807, 2.05) is 25.3 Å². The molecule has 0 spiro atoms. The van der Waals surface area contributed by atoms with Crippen LogP contribution < -0.4 is 10.6 Å². The summed E-state index contributed by atoms with van der Waals surface area (Å²) in [5, 5.41) is 0. The van der Waals surface area contributed by atoms with Gasteiger partial charge in [0.2, 0.25) is 0 Å². The van der Waals surface area contributed by atoms with Gasteiger partial charge >= 0.3 is 0 Å². The van der Waals surface area contributed by atoms with Crippen molar-refractivity contribution in [2.75, 3.05) is 38.9 Å². The number of pyridine rings is 1. The van der Waals surface area contributed by atoms with E-state index in [-0.39, 0.29) is 12.1 Å². The Balaban J connectivity index is 2.83. The van der Waals surface area contributed by atoms with Crippen LogP contribution in [0.3, 0.4) is 0 Å². The van der Waals surface area contributed by atoms with Crippen molar-refractivity contribution < 1.29 is 9.47 Å². The smallest absolute Gasteiger partial charge is 0.128 e. The molecule has 1 unspecified atom stereocenters. The van der Waals surface area contributed by atoms with Gasteiger partial charge in [-0.1, -0.05) is 6.07 Å². The zero-order valence-corrected chi connectivity index (χ0v) is 12.3. The van der Waals surface area contributed by atoms with Crippen LogP contribution in [-0.4, -0.2) is 45.0 Å². The average Bonchev–Trinajstić information content (AvgIpc) is 2.40. The van der Waals surface area contributed by atoms with Crippen molar-refractivity contribution in [3.8, 4) is 0 Å². The summed E-state index contributed by atoms with van der Waals surface area (Å²) in [4.78, 5) is 6.67. The van der Waals surface area contributed by atoms with Gasteiger partial charge in [-0.3, -0.25) is 0 Å². The van der Waals surface area contributed by atoms with E-state index in [1.165, 1.54) is 0 Å². The third kappa shape index (κ3) is 4.78. The third-order valence-electron chi connectivity index (χ3n) is 3.07. The summed E-state index contributed by atoms with van der Waals surface area (Å²) in [5.41, 5.74) is 6.87. The Labute approximate surface area is 115 Å². The van der Waals surface area contributed by atoms with Gasteiger partial charge < -0.3 is 20.1 Å². The van der Waals surface area contributed by atoms with E-state index < -0.39 is 0 Å². The van der Waals surface area contributed by atoms with E-state index in [0.29, 0.717) is 13.2 Å². The molecule has 0 saturated carbocycles. The van der Waals surface area contributed by atoms with Crippen molar-refractivity contribution >= 4 is 5.82 Å². The normalized spacial score (nSPS) is 14.2. The highest BCUT2D eigenvalue weighted by Gasteiger charge is 2.15. The Morgan fingerprint density at radius 2 is 2.00 bits per heavy atom. The predicted molar refractivity (Wildman–Crippen MR) is 77.4 cm³/mol. The molecule has 1 aromatic heterocycles. The van der Waals surface area contributed by atoms with Crippen LogP contribution in [-0.2, 0) is 9.47 Å². The second-order valence-electron chi connectivity index (χ2n) is 4.73. The van der Waals surface area contributed by atoms with Gasteiger partial charge in [0.15, 0.2) is 0 Å². The number of hydrogen-bond acceptors (Lipinski definition) is 5.